The van der Waals surface area contributed by atoms with Crippen LogP contribution >= 0.6 is 0 Å². The molecule has 24 heavy (non-hydrogen) atoms. The van der Waals surface area contributed by atoms with Crippen molar-refractivity contribution in [2.45, 2.75) is 24.3 Å². The van der Waals surface area contributed by atoms with Crippen LogP contribution in [0.1, 0.15) is 18.4 Å². The van der Waals surface area contributed by atoms with Crippen molar-refractivity contribution >= 4 is 15.7 Å². The molecular weight excluding hydrogens is 328 g/mol. The van der Waals surface area contributed by atoms with Crippen LogP contribution in [0.15, 0.2) is 41.6 Å². The molecule has 0 radical (unpaired) electrons. The molecule has 0 spiro atoms. The number of nitriles is 1. The fraction of sp³-hybridized carbons (Fsp3) is 0.375. The standard InChI is InChI=1S/C16H18N4O3S/c17-9-13-1-3-16(4-2-13)24(21,22)19-15-10-18-20(12-15)11-14-5-7-23-8-6-14/h1-4,10,12,14,19H,5-8,11H2. The van der Waals surface area contributed by atoms with Gasteiger partial charge in [-0.15, -0.1) is 0 Å². The topological polar surface area (TPSA) is 97.0 Å². The van der Waals surface area contributed by atoms with E-state index >= 15 is 0 Å². The van der Waals surface area contributed by atoms with E-state index in [0.717, 1.165) is 32.6 Å². The van der Waals surface area contributed by atoms with E-state index in [1.165, 1.54) is 30.5 Å². The average molecular weight is 346 g/mol. The molecule has 1 N–H and O–H groups in total. The fourth-order valence-electron chi connectivity index (χ4n) is 2.63. The molecule has 2 aromatic rings. The lowest BCUT2D eigenvalue weighted by atomic mass is 10.0. The van der Waals surface area contributed by atoms with Crippen LogP contribution in [0.2, 0.25) is 0 Å². The van der Waals surface area contributed by atoms with Gasteiger partial charge in [-0.25, -0.2) is 8.42 Å². The Labute approximate surface area is 140 Å². The van der Waals surface area contributed by atoms with E-state index in [0.29, 0.717) is 17.2 Å². The number of ether oxygens (including phenoxy) is 1. The maximum Gasteiger partial charge on any atom is 0.261 e. The van der Waals surface area contributed by atoms with Gasteiger partial charge in [-0.2, -0.15) is 10.4 Å². The van der Waals surface area contributed by atoms with Crippen molar-refractivity contribution in [1.29, 1.82) is 5.26 Å². The van der Waals surface area contributed by atoms with Crippen LogP contribution < -0.4 is 4.72 Å². The highest BCUT2D eigenvalue weighted by atomic mass is 32.2. The monoisotopic (exact) mass is 346 g/mol. The third kappa shape index (κ3) is 3.93. The molecule has 1 fully saturated rings. The summed E-state index contributed by atoms with van der Waals surface area (Å²) in [5.41, 5.74) is 0.838. The Morgan fingerprint density at radius 3 is 2.67 bits per heavy atom. The first-order chi connectivity index (χ1) is 11.6. The number of benzene rings is 1. The number of nitrogens with zero attached hydrogens (tertiary/aromatic N) is 3. The third-order valence-corrected chi connectivity index (χ3v) is 5.36. The molecule has 0 atom stereocenters. The van der Waals surface area contributed by atoms with Crippen molar-refractivity contribution < 1.29 is 13.2 Å². The number of hydrogen-bond donors (Lipinski definition) is 1. The summed E-state index contributed by atoms with van der Waals surface area (Å²) in [4.78, 5) is 0.110. The number of hydrogen-bond acceptors (Lipinski definition) is 5. The molecule has 0 amide bonds. The molecule has 0 bridgehead atoms. The highest BCUT2D eigenvalue weighted by Crippen LogP contribution is 2.19. The Morgan fingerprint density at radius 2 is 2.00 bits per heavy atom. The number of rotatable bonds is 5. The van der Waals surface area contributed by atoms with E-state index in [-0.39, 0.29) is 4.90 Å². The van der Waals surface area contributed by atoms with Gasteiger partial charge in [0, 0.05) is 26.0 Å². The van der Waals surface area contributed by atoms with Crippen LogP contribution in [0.5, 0.6) is 0 Å². The second kappa shape index (κ2) is 7.03. The lowest BCUT2D eigenvalue weighted by Crippen LogP contribution is -2.20. The smallest absolute Gasteiger partial charge is 0.261 e. The van der Waals surface area contributed by atoms with Crippen molar-refractivity contribution in [3.63, 3.8) is 0 Å². The Hall–Kier alpha value is -2.37. The van der Waals surface area contributed by atoms with Crippen LogP contribution in [0.4, 0.5) is 5.69 Å². The first-order valence-electron chi connectivity index (χ1n) is 7.70. The summed E-state index contributed by atoms with van der Waals surface area (Å²) in [5.74, 6) is 0.502. The second-order valence-electron chi connectivity index (χ2n) is 5.75. The van der Waals surface area contributed by atoms with Crippen LogP contribution in [0, 0.1) is 17.2 Å². The van der Waals surface area contributed by atoms with E-state index in [1.807, 2.05) is 6.07 Å². The Morgan fingerprint density at radius 1 is 1.29 bits per heavy atom. The van der Waals surface area contributed by atoms with Crippen molar-refractivity contribution in [3.8, 4) is 6.07 Å². The number of sulfonamides is 1. The van der Waals surface area contributed by atoms with Crippen LogP contribution in [0.3, 0.4) is 0 Å². The maximum atomic E-state index is 12.4. The molecule has 2 heterocycles. The largest absolute Gasteiger partial charge is 0.381 e. The van der Waals surface area contributed by atoms with Gasteiger partial charge in [0.25, 0.3) is 10.0 Å². The predicted octanol–water partition coefficient (Wildman–Crippen LogP) is 1.98. The van der Waals surface area contributed by atoms with Crippen molar-refractivity contribution in [3.05, 3.63) is 42.2 Å². The summed E-state index contributed by atoms with van der Waals surface area (Å²) in [6.07, 6.45) is 5.18. The molecule has 7 nitrogen and oxygen atoms in total. The van der Waals surface area contributed by atoms with Gasteiger partial charge in [-0.1, -0.05) is 0 Å². The van der Waals surface area contributed by atoms with E-state index < -0.39 is 10.0 Å². The van der Waals surface area contributed by atoms with Crippen molar-refractivity contribution in [2.24, 2.45) is 5.92 Å². The van der Waals surface area contributed by atoms with Gasteiger partial charge in [-0.3, -0.25) is 9.40 Å². The molecule has 0 saturated carbocycles. The normalized spacial score (nSPS) is 15.8. The van der Waals surface area contributed by atoms with Gasteiger partial charge in [0.2, 0.25) is 0 Å². The summed E-state index contributed by atoms with van der Waals surface area (Å²) in [7, 11) is -3.69. The molecule has 1 aromatic heterocycles. The quantitative estimate of drug-likeness (QED) is 0.893. The summed E-state index contributed by atoms with van der Waals surface area (Å²) in [5, 5.41) is 13.0. The Balaban J connectivity index is 1.67. The van der Waals surface area contributed by atoms with Gasteiger partial charge >= 0.3 is 0 Å². The summed E-state index contributed by atoms with van der Waals surface area (Å²) >= 11 is 0. The maximum absolute atomic E-state index is 12.4. The van der Waals surface area contributed by atoms with Crippen LogP contribution in [-0.2, 0) is 21.3 Å². The summed E-state index contributed by atoms with van der Waals surface area (Å²) in [6.45, 7) is 2.29. The van der Waals surface area contributed by atoms with Crippen molar-refractivity contribution in [1.82, 2.24) is 9.78 Å². The van der Waals surface area contributed by atoms with Gasteiger partial charge in [0.15, 0.2) is 0 Å². The molecular formula is C16H18N4O3S. The van der Waals surface area contributed by atoms with Crippen LogP contribution in [-0.4, -0.2) is 31.4 Å². The van der Waals surface area contributed by atoms with Gasteiger partial charge in [0.1, 0.15) is 0 Å². The number of aromatic nitrogens is 2. The molecule has 1 aliphatic heterocycles. The molecule has 126 valence electrons. The fourth-order valence-corrected chi connectivity index (χ4v) is 3.66. The minimum Gasteiger partial charge on any atom is -0.381 e. The van der Waals surface area contributed by atoms with E-state index in [2.05, 4.69) is 9.82 Å². The van der Waals surface area contributed by atoms with Crippen LogP contribution in [0.25, 0.3) is 0 Å². The van der Waals surface area contributed by atoms with E-state index in [1.54, 1.807) is 10.9 Å². The number of nitrogens with one attached hydrogen (secondary N) is 1. The Bertz CT molecular complexity index is 831. The van der Waals surface area contributed by atoms with E-state index in [4.69, 9.17) is 10.00 Å². The molecule has 3 rings (SSSR count). The summed E-state index contributed by atoms with van der Waals surface area (Å²) in [6, 6.07) is 7.73. The van der Waals surface area contributed by atoms with Crippen molar-refractivity contribution in [2.75, 3.05) is 17.9 Å². The van der Waals surface area contributed by atoms with Gasteiger partial charge < -0.3 is 4.74 Å². The minimum atomic E-state index is -3.69. The van der Waals surface area contributed by atoms with Gasteiger partial charge in [-0.05, 0) is 43.0 Å². The molecule has 8 heteroatoms. The summed E-state index contributed by atoms with van der Waals surface area (Å²) < 4.78 is 34.3. The first-order valence-corrected chi connectivity index (χ1v) is 9.18. The number of anilines is 1. The third-order valence-electron chi connectivity index (χ3n) is 3.97. The zero-order valence-electron chi connectivity index (χ0n) is 13.1. The zero-order valence-corrected chi connectivity index (χ0v) is 13.9. The molecule has 1 saturated heterocycles. The highest BCUT2D eigenvalue weighted by molar-refractivity contribution is 7.92. The lowest BCUT2D eigenvalue weighted by molar-refractivity contribution is 0.0601. The predicted molar refractivity (Wildman–Crippen MR) is 87.7 cm³/mol. The second-order valence-corrected chi connectivity index (χ2v) is 7.43. The first kappa shape index (κ1) is 16.5. The zero-order chi connectivity index (χ0) is 17.0. The molecule has 0 unspecified atom stereocenters. The average Bonchev–Trinajstić information content (AvgIpc) is 3.02. The molecule has 0 aliphatic carbocycles. The minimum absolute atomic E-state index is 0.110. The Kier molecular flexibility index (Phi) is 4.83. The van der Waals surface area contributed by atoms with E-state index in [9.17, 15) is 8.42 Å². The molecule has 1 aromatic carbocycles. The highest BCUT2D eigenvalue weighted by Gasteiger charge is 2.17. The molecule has 1 aliphatic rings. The SMILES string of the molecule is N#Cc1ccc(S(=O)(=O)Nc2cnn(CC3CCOCC3)c2)cc1. The van der Waals surface area contributed by atoms with Gasteiger partial charge in [0.05, 0.1) is 28.4 Å². The lowest BCUT2D eigenvalue weighted by Gasteiger charge is -2.21.